The lowest BCUT2D eigenvalue weighted by molar-refractivity contribution is -0.384. The smallest absolute Gasteiger partial charge is 0.271 e. The average Bonchev–Trinajstić information content (AvgIpc) is 2.54. The molecule has 0 unspecified atom stereocenters. The van der Waals surface area contributed by atoms with Crippen molar-refractivity contribution < 1.29 is 14.5 Å². The Balaban J connectivity index is 0.000000765. The number of nitrogens with one attached hydrogen (secondary N) is 1. The predicted octanol–water partition coefficient (Wildman–Crippen LogP) is 3.64. The van der Waals surface area contributed by atoms with Crippen LogP contribution in [0.4, 0.5) is 11.4 Å². The lowest BCUT2D eigenvalue weighted by Crippen LogP contribution is -2.14. The lowest BCUT2D eigenvalue weighted by atomic mass is 9.87. The summed E-state index contributed by atoms with van der Waals surface area (Å²) in [6.07, 6.45) is 0. The summed E-state index contributed by atoms with van der Waals surface area (Å²) in [4.78, 5) is 31.6. The SMILES string of the molecule is CC(C)(C)c1ccc(C(=O)Nc2cccc([N+](=O)[O-])c2)cc1.CC(N)=O. The van der Waals surface area contributed by atoms with Gasteiger partial charge in [0, 0.05) is 30.3 Å². The van der Waals surface area contributed by atoms with E-state index in [0.29, 0.717) is 11.3 Å². The van der Waals surface area contributed by atoms with Crippen LogP contribution in [-0.4, -0.2) is 16.7 Å². The number of nitro groups is 1. The molecular weight excluding hydrogens is 334 g/mol. The molecule has 0 aliphatic rings. The van der Waals surface area contributed by atoms with Crippen LogP contribution in [-0.2, 0) is 10.2 Å². The lowest BCUT2D eigenvalue weighted by Gasteiger charge is -2.19. The Kier molecular flexibility index (Phi) is 7.01. The van der Waals surface area contributed by atoms with Gasteiger partial charge in [-0.1, -0.05) is 39.0 Å². The number of carbonyl (C=O) groups excluding carboxylic acids is 2. The molecule has 2 rings (SSSR count). The van der Waals surface area contributed by atoms with Crippen LogP contribution in [0.3, 0.4) is 0 Å². The Morgan fingerprint density at radius 2 is 1.62 bits per heavy atom. The Morgan fingerprint density at radius 1 is 1.08 bits per heavy atom. The van der Waals surface area contributed by atoms with Gasteiger partial charge in [0.2, 0.25) is 5.91 Å². The number of nitro benzene ring substituents is 1. The zero-order valence-electron chi connectivity index (χ0n) is 15.3. The fraction of sp³-hybridized carbons (Fsp3) is 0.263. The molecule has 0 aliphatic carbocycles. The first-order chi connectivity index (χ1) is 12.0. The minimum Gasteiger partial charge on any atom is -0.370 e. The third-order valence-electron chi connectivity index (χ3n) is 3.33. The number of non-ortho nitro benzene ring substituents is 1. The minimum atomic E-state index is -0.492. The van der Waals surface area contributed by atoms with E-state index < -0.39 is 4.92 Å². The molecule has 0 aromatic heterocycles. The van der Waals surface area contributed by atoms with E-state index >= 15 is 0 Å². The highest BCUT2D eigenvalue weighted by atomic mass is 16.6. The summed E-state index contributed by atoms with van der Waals surface area (Å²) >= 11 is 0. The van der Waals surface area contributed by atoms with Crippen molar-refractivity contribution in [3.63, 3.8) is 0 Å². The number of rotatable bonds is 3. The Morgan fingerprint density at radius 3 is 2.08 bits per heavy atom. The predicted molar refractivity (Wildman–Crippen MR) is 101 cm³/mol. The zero-order chi connectivity index (χ0) is 19.9. The number of hydrogen-bond acceptors (Lipinski definition) is 4. The largest absolute Gasteiger partial charge is 0.370 e. The fourth-order valence-electron chi connectivity index (χ4n) is 2.02. The Hall–Kier alpha value is -3.22. The summed E-state index contributed by atoms with van der Waals surface area (Å²) in [5.74, 6) is -0.624. The van der Waals surface area contributed by atoms with E-state index in [4.69, 9.17) is 0 Å². The monoisotopic (exact) mass is 357 g/mol. The van der Waals surface area contributed by atoms with Gasteiger partial charge in [0.05, 0.1) is 4.92 Å². The van der Waals surface area contributed by atoms with Crippen molar-refractivity contribution in [1.82, 2.24) is 0 Å². The van der Waals surface area contributed by atoms with E-state index in [1.165, 1.54) is 25.1 Å². The first kappa shape index (κ1) is 20.8. The number of anilines is 1. The van der Waals surface area contributed by atoms with Crippen LogP contribution in [0.1, 0.15) is 43.6 Å². The van der Waals surface area contributed by atoms with Crippen molar-refractivity contribution in [3.8, 4) is 0 Å². The highest BCUT2D eigenvalue weighted by Gasteiger charge is 2.14. The number of nitrogens with zero attached hydrogens (tertiary/aromatic N) is 1. The molecule has 0 saturated heterocycles. The van der Waals surface area contributed by atoms with Gasteiger partial charge in [-0.05, 0) is 29.2 Å². The molecule has 3 N–H and O–H groups in total. The first-order valence-corrected chi connectivity index (χ1v) is 7.93. The highest BCUT2D eigenvalue weighted by molar-refractivity contribution is 6.04. The maximum Gasteiger partial charge on any atom is 0.271 e. The van der Waals surface area contributed by atoms with Crippen LogP contribution in [0.2, 0.25) is 0 Å². The molecule has 0 saturated carbocycles. The van der Waals surface area contributed by atoms with Gasteiger partial charge in [-0.2, -0.15) is 0 Å². The van der Waals surface area contributed by atoms with Crippen molar-refractivity contribution >= 4 is 23.2 Å². The van der Waals surface area contributed by atoms with Crippen molar-refractivity contribution in [3.05, 3.63) is 69.8 Å². The molecule has 2 aromatic carbocycles. The molecule has 26 heavy (non-hydrogen) atoms. The van der Waals surface area contributed by atoms with Crippen molar-refractivity contribution in [2.75, 3.05) is 5.32 Å². The first-order valence-electron chi connectivity index (χ1n) is 7.93. The topological polar surface area (TPSA) is 115 Å². The molecule has 7 nitrogen and oxygen atoms in total. The molecule has 7 heteroatoms. The van der Waals surface area contributed by atoms with Crippen molar-refractivity contribution in [1.29, 1.82) is 0 Å². The van der Waals surface area contributed by atoms with Crippen molar-refractivity contribution in [2.24, 2.45) is 5.73 Å². The molecule has 2 aromatic rings. The number of benzene rings is 2. The molecule has 0 radical (unpaired) electrons. The molecule has 0 aliphatic heterocycles. The number of amides is 2. The van der Waals surface area contributed by atoms with Crippen LogP contribution in [0.5, 0.6) is 0 Å². The summed E-state index contributed by atoms with van der Waals surface area (Å²) in [6, 6.07) is 13.2. The number of primary amides is 1. The summed E-state index contributed by atoms with van der Waals surface area (Å²) in [5, 5.41) is 13.4. The second-order valence-corrected chi connectivity index (χ2v) is 6.70. The average molecular weight is 357 g/mol. The Labute approximate surface area is 152 Å². The van der Waals surface area contributed by atoms with Crippen LogP contribution < -0.4 is 11.1 Å². The van der Waals surface area contributed by atoms with Gasteiger partial charge >= 0.3 is 0 Å². The van der Waals surface area contributed by atoms with E-state index in [9.17, 15) is 19.7 Å². The third kappa shape index (κ3) is 6.72. The van der Waals surface area contributed by atoms with Gasteiger partial charge in [0.25, 0.3) is 11.6 Å². The van der Waals surface area contributed by atoms with E-state index in [1.54, 1.807) is 18.2 Å². The molecular formula is C19H23N3O4. The van der Waals surface area contributed by atoms with E-state index in [-0.39, 0.29) is 22.9 Å². The van der Waals surface area contributed by atoms with Gasteiger partial charge in [-0.25, -0.2) is 0 Å². The van der Waals surface area contributed by atoms with Crippen LogP contribution in [0.25, 0.3) is 0 Å². The van der Waals surface area contributed by atoms with Gasteiger partial charge in [0.1, 0.15) is 0 Å². The van der Waals surface area contributed by atoms with E-state index in [2.05, 4.69) is 31.8 Å². The highest BCUT2D eigenvalue weighted by Crippen LogP contribution is 2.23. The molecule has 2 amide bonds. The third-order valence-corrected chi connectivity index (χ3v) is 3.33. The zero-order valence-corrected chi connectivity index (χ0v) is 15.3. The summed E-state index contributed by atoms with van der Waals surface area (Å²) in [5.41, 5.74) is 6.49. The summed E-state index contributed by atoms with van der Waals surface area (Å²) in [6.45, 7) is 7.61. The fourth-order valence-corrected chi connectivity index (χ4v) is 2.02. The molecule has 0 bridgehead atoms. The molecule has 0 spiro atoms. The molecule has 0 fully saturated rings. The van der Waals surface area contributed by atoms with Gasteiger partial charge in [-0.15, -0.1) is 0 Å². The van der Waals surface area contributed by atoms with Gasteiger partial charge in [-0.3, -0.25) is 19.7 Å². The number of hydrogen-bond donors (Lipinski definition) is 2. The van der Waals surface area contributed by atoms with Gasteiger partial charge < -0.3 is 11.1 Å². The number of nitrogens with two attached hydrogens (primary N) is 1. The second-order valence-electron chi connectivity index (χ2n) is 6.70. The second kappa shape index (κ2) is 8.75. The van der Waals surface area contributed by atoms with Crippen LogP contribution >= 0.6 is 0 Å². The minimum absolute atomic E-state index is 0.0229. The maximum absolute atomic E-state index is 12.2. The van der Waals surface area contributed by atoms with Crippen molar-refractivity contribution in [2.45, 2.75) is 33.1 Å². The molecule has 138 valence electrons. The molecule has 0 heterocycles. The van der Waals surface area contributed by atoms with Crippen LogP contribution in [0.15, 0.2) is 48.5 Å². The summed E-state index contributed by atoms with van der Waals surface area (Å²) in [7, 11) is 0. The summed E-state index contributed by atoms with van der Waals surface area (Å²) < 4.78 is 0. The van der Waals surface area contributed by atoms with E-state index in [0.717, 1.165) is 5.56 Å². The standard InChI is InChI=1S/C17H18N2O3.C2H5NO/c1-17(2,3)13-9-7-12(8-10-13)16(20)18-14-5-4-6-15(11-14)19(21)22;1-2(3)4/h4-11H,1-3H3,(H,18,20);1H3,(H2,3,4). The Bertz CT molecular complexity index is 789. The number of carbonyl (C=O) groups is 2. The van der Waals surface area contributed by atoms with E-state index in [1.807, 2.05) is 12.1 Å². The normalized spacial score (nSPS) is 10.3. The van der Waals surface area contributed by atoms with Crippen LogP contribution in [0, 0.1) is 10.1 Å². The maximum atomic E-state index is 12.2. The quantitative estimate of drug-likeness (QED) is 0.644. The molecule has 0 atom stereocenters. The van der Waals surface area contributed by atoms with Gasteiger partial charge in [0.15, 0.2) is 0 Å².